The van der Waals surface area contributed by atoms with Crippen molar-refractivity contribution in [3.8, 4) is 11.4 Å². The normalized spacial score (nSPS) is 21.1. The smallest absolute Gasteiger partial charge is 0.316 e. The Balaban J connectivity index is 1.36. The molecule has 1 saturated carbocycles. The first-order valence-electron chi connectivity index (χ1n) is 13.7. The van der Waals surface area contributed by atoms with Gasteiger partial charge < -0.3 is 19.8 Å². The second kappa shape index (κ2) is 13.3. The van der Waals surface area contributed by atoms with E-state index in [1.54, 1.807) is 11.9 Å². The quantitative estimate of drug-likeness (QED) is 0.342. The number of ether oxygens (including phenoxy) is 1. The van der Waals surface area contributed by atoms with Crippen LogP contribution in [0.5, 0.6) is 5.75 Å². The molecule has 12 heteroatoms. The first kappa shape index (κ1) is 29.4. The van der Waals surface area contributed by atoms with Crippen LogP contribution in [0.4, 0.5) is 18.9 Å². The minimum Gasteiger partial charge on any atom is -0.483 e. The molecule has 8 nitrogen and oxygen atoms in total. The van der Waals surface area contributed by atoms with Crippen molar-refractivity contribution in [2.24, 2.45) is 0 Å². The summed E-state index contributed by atoms with van der Waals surface area (Å²) in [7, 11) is 0. The third-order valence-corrected chi connectivity index (χ3v) is 8.72. The largest absolute Gasteiger partial charge is 0.483 e. The average Bonchev–Trinajstić information content (AvgIpc) is 3.38. The number of anilines is 1. The number of hydrogen-bond acceptors (Lipinski definition) is 8. The van der Waals surface area contributed by atoms with Gasteiger partial charge in [-0.05, 0) is 37.0 Å². The maximum Gasteiger partial charge on any atom is 0.316 e. The molecule has 220 valence electrons. The lowest BCUT2D eigenvalue weighted by atomic mass is 10.1. The second-order valence-electron chi connectivity index (χ2n) is 10.3. The van der Waals surface area contributed by atoms with E-state index in [4.69, 9.17) is 4.74 Å². The van der Waals surface area contributed by atoms with Crippen LogP contribution < -0.4 is 15.2 Å². The number of aliphatic hydroxyl groups excluding tert-OH is 2. The zero-order valence-electron chi connectivity index (χ0n) is 22.4. The Hall–Kier alpha value is -3.06. The van der Waals surface area contributed by atoms with Crippen molar-refractivity contribution in [2.75, 3.05) is 37.7 Å². The van der Waals surface area contributed by atoms with E-state index in [-0.39, 0.29) is 29.7 Å². The Morgan fingerprint density at radius 3 is 2.39 bits per heavy atom. The highest BCUT2D eigenvalue weighted by Crippen LogP contribution is 2.37. The van der Waals surface area contributed by atoms with Gasteiger partial charge in [-0.3, -0.25) is 4.79 Å². The van der Waals surface area contributed by atoms with Crippen LogP contribution in [0.25, 0.3) is 5.69 Å². The van der Waals surface area contributed by atoms with Gasteiger partial charge in [0.2, 0.25) is 5.75 Å². The molecule has 5 rings (SSSR count). The second-order valence-corrected chi connectivity index (χ2v) is 11.6. The van der Waals surface area contributed by atoms with E-state index in [9.17, 15) is 28.2 Å². The van der Waals surface area contributed by atoms with Crippen molar-refractivity contribution in [1.29, 1.82) is 0 Å². The van der Waals surface area contributed by atoms with Gasteiger partial charge in [0.25, 0.3) is 0 Å². The third-order valence-electron chi connectivity index (χ3n) is 7.34. The molecule has 2 heterocycles. The Kier molecular flexibility index (Phi) is 9.53. The number of nitrogens with zero attached hydrogens (tertiary/aromatic N) is 4. The molecule has 3 aromatic rings. The van der Waals surface area contributed by atoms with Gasteiger partial charge >= 0.3 is 5.56 Å². The van der Waals surface area contributed by atoms with Crippen LogP contribution in [0.3, 0.4) is 0 Å². The maximum absolute atomic E-state index is 13.9. The molecular formula is C29H33F3N4O4S. The van der Waals surface area contributed by atoms with Crippen molar-refractivity contribution < 1.29 is 28.1 Å². The highest BCUT2D eigenvalue weighted by molar-refractivity contribution is 7.97. The fraction of sp³-hybridized carbons (Fsp3) is 0.448. The lowest BCUT2D eigenvalue weighted by Gasteiger charge is -2.37. The van der Waals surface area contributed by atoms with Crippen LogP contribution >= 0.6 is 11.9 Å². The van der Waals surface area contributed by atoms with Crippen LogP contribution in [0, 0.1) is 11.6 Å². The van der Waals surface area contributed by atoms with Crippen molar-refractivity contribution in [3.63, 3.8) is 0 Å². The molecule has 4 unspecified atom stereocenters. The molecule has 2 aromatic carbocycles. The molecule has 1 aromatic heterocycles. The molecule has 1 saturated heterocycles. The number of hydrogen-bond donors (Lipinski definition) is 2. The summed E-state index contributed by atoms with van der Waals surface area (Å²) < 4.78 is 50.9. The molecule has 2 N–H and O–H groups in total. The number of rotatable bonds is 10. The number of alkyl halides is 1. The van der Waals surface area contributed by atoms with Gasteiger partial charge in [-0.1, -0.05) is 42.3 Å². The van der Waals surface area contributed by atoms with Crippen molar-refractivity contribution in [1.82, 2.24) is 14.1 Å². The van der Waals surface area contributed by atoms with Crippen molar-refractivity contribution in [2.45, 2.75) is 49.3 Å². The van der Waals surface area contributed by atoms with E-state index in [1.165, 1.54) is 6.20 Å². The molecule has 1 aliphatic carbocycles. The summed E-state index contributed by atoms with van der Waals surface area (Å²) in [5.41, 5.74) is 0.753. The van der Waals surface area contributed by atoms with Crippen molar-refractivity contribution in [3.05, 3.63) is 82.3 Å². The predicted molar refractivity (Wildman–Crippen MR) is 151 cm³/mol. The van der Waals surface area contributed by atoms with Crippen LogP contribution in [0.15, 0.2) is 59.5 Å². The number of aliphatic hydroxyl groups is 2. The SMILES string of the molecule is O=c1c(OC2CCC(F)C2)c(N2CCN(SC(CC(O)CO)c3ccccc3)CC2)cnn1-c1cc(F)cc(F)c1. The molecule has 41 heavy (non-hydrogen) atoms. The van der Waals surface area contributed by atoms with E-state index in [1.807, 2.05) is 35.2 Å². The predicted octanol–water partition coefficient (Wildman–Crippen LogP) is 4.03. The zero-order chi connectivity index (χ0) is 28.9. The standard InChI is InChI=1S/C29H33F3N4O4S/c30-20-6-7-25(15-20)40-28-26(17-33-36(29(28)39)23-13-21(31)12-22(32)14-23)34-8-10-35(11-9-34)41-27(16-24(38)18-37)19-4-2-1-3-5-19/h1-5,12-14,17,20,24-25,27,37-38H,6-11,15-16,18H2. The van der Waals surface area contributed by atoms with Gasteiger partial charge in [0.1, 0.15) is 29.6 Å². The number of piperazine rings is 1. The molecule has 0 amide bonds. The summed E-state index contributed by atoms with van der Waals surface area (Å²) in [5, 5.41) is 23.7. The van der Waals surface area contributed by atoms with E-state index < -0.39 is 35.6 Å². The summed E-state index contributed by atoms with van der Waals surface area (Å²) in [6.07, 6.45) is 0.487. The molecule has 1 aliphatic heterocycles. The molecule has 0 spiro atoms. The summed E-state index contributed by atoms with van der Waals surface area (Å²) in [6, 6.07) is 12.5. The van der Waals surface area contributed by atoms with E-state index in [2.05, 4.69) is 9.40 Å². The highest BCUT2D eigenvalue weighted by atomic mass is 32.2. The fourth-order valence-corrected chi connectivity index (χ4v) is 6.54. The number of halogens is 3. The Bertz CT molecular complexity index is 1350. The lowest BCUT2D eigenvalue weighted by Crippen LogP contribution is -2.45. The first-order valence-corrected chi connectivity index (χ1v) is 14.5. The van der Waals surface area contributed by atoms with Gasteiger partial charge in [-0.15, -0.1) is 0 Å². The molecule has 4 atom stereocenters. The van der Waals surface area contributed by atoms with E-state index >= 15 is 0 Å². The summed E-state index contributed by atoms with van der Waals surface area (Å²) in [6.45, 7) is 1.99. The molecule has 0 radical (unpaired) electrons. The van der Waals surface area contributed by atoms with Gasteiger partial charge in [0.05, 0.1) is 24.6 Å². The number of benzene rings is 2. The van der Waals surface area contributed by atoms with Gasteiger partial charge in [0, 0.05) is 43.9 Å². The van der Waals surface area contributed by atoms with E-state index in [0.29, 0.717) is 57.2 Å². The molecule has 0 bridgehead atoms. The Labute approximate surface area is 240 Å². The summed E-state index contributed by atoms with van der Waals surface area (Å²) in [5.74, 6) is -1.70. The minimum atomic E-state index is -1.01. The summed E-state index contributed by atoms with van der Waals surface area (Å²) >= 11 is 1.61. The molecular weight excluding hydrogens is 557 g/mol. The van der Waals surface area contributed by atoms with Gasteiger partial charge in [0.15, 0.2) is 0 Å². The third kappa shape index (κ3) is 7.24. The topological polar surface area (TPSA) is 91.1 Å². The first-order chi connectivity index (χ1) is 19.8. The monoisotopic (exact) mass is 590 g/mol. The average molecular weight is 591 g/mol. The van der Waals surface area contributed by atoms with Crippen molar-refractivity contribution >= 4 is 17.6 Å². The van der Waals surface area contributed by atoms with Crippen LogP contribution in [-0.4, -0.2) is 75.5 Å². The van der Waals surface area contributed by atoms with Crippen LogP contribution in [0.2, 0.25) is 0 Å². The lowest BCUT2D eigenvalue weighted by molar-refractivity contribution is 0.0877. The molecule has 2 fully saturated rings. The zero-order valence-corrected chi connectivity index (χ0v) is 23.2. The van der Waals surface area contributed by atoms with Crippen LogP contribution in [0.1, 0.15) is 36.5 Å². The number of aromatic nitrogens is 2. The summed E-state index contributed by atoms with van der Waals surface area (Å²) in [4.78, 5) is 15.5. The molecule has 2 aliphatic rings. The Morgan fingerprint density at radius 2 is 1.76 bits per heavy atom. The minimum absolute atomic E-state index is 0.0156. The highest BCUT2D eigenvalue weighted by Gasteiger charge is 2.31. The fourth-order valence-electron chi connectivity index (χ4n) is 5.22. The van der Waals surface area contributed by atoms with Gasteiger partial charge in [-0.25, -0.2) is 17.5 Å². The Morgan fingerprint density at radius 1 is 1.05 bits per heavy atom. The van der Waals surface area contributed by atoms with Crippen LogP contribution in [-0.2, 0) is 0 Å². The van der Waals surface area contributed by atoms with E-state index in [0.717, 1.165) is 22.4 Å². The maximum atomic E-state index is 13.9. The van der Waals surface area contributed by atoms with Gasteiger partial charge in [-0.2, -0.15) is 9.78 Å².